The predicted octanol–water partition coefficient (Wildman–Crippen LogP) is 4.17. The standard InChI is InChI=1S/C19H23N3OS/c1-12-17(21-19(20)24-12)15-7-8-16-14(11-15)9-10-22(16)18(23)13-5-3-2-4-6-13/h7-8,11,13H,2-6,9-10H2,1H3,(H2,20,21). The van der Waals surface area contributed by atoms with Gasteiger partial charge in [-0.15, -0.1) is 11.3 Å². The number of fused-ring (bicyclic) bond motifs is 1. The number of anilines is 2. The minimum atomic E-state index is 0.227. The van der Waals surface area contributed by atoms with Gasteiger partial charge in [-0.25, -0.2) is 4.98 Å². The fraction of sp³-hybridized carbons (Fsp3) is 0.474. The van der Waals surface area contributed by atoms with E-state index in [0.29, 0.717) is 11.0 Å². The molecular weight excluding hydrogens is 318 g/mol. The Balaban J connectivity index is 1.60. The monoisotopic (exact) mass is 341 g/mol. The van der Waals surface area contributed by atoms with Crippen molar-refractivity contribution < 1.29 is 4.79 Å². The van der Waals surface area contributed by atoms with Gasteiger partial charge in [-0.1, -0.05) is 25.3 Å². The maximum Gasteiger partial charge on any atom is 0.230 e. The lowest BCUT2D eigenvalue weighted by atomic mass is 9.88. The normalized spacial score (nSPS) is 18.0. The summed E-state index contributed by atoms with van der Waals surface area (Å²) in [5.41, 5.74) is 10.2. The van der Waals surface area contributed by atoms with Crippen molar-refractivity contribution in [3.63, 3.8) is 0 Å². The minimum absolute atomic E-state index is 0.227. The molecule has 1 aliphatic carbocycles. The lowest BCUT2D eigenvalue weighted by Crippen LogP contribution is -2.35. The number of carbonyl (C=O) groups is 1. The van der Waals surface area contributed by atoms with Crippen LogP contribution in [0.4, 0.5) is 10.8 Å². The van der Waals surface area contributed by atoms with E-state index in [1.807, 2.05) is 4.90 Å². The van der Waals surface area contributed by atoms with Crippen LogP contribution in [0.15, 0.2) is 18.2 Å². The van der Waals surface area contributed by atoms with Crippen LogP contribution < -0.4 is 10.6 Å². The molecule has 5 heteroatoms. The Labute approximate surface area is 146 Å². The SMILES string of the molecule is Cc1sc(N)nc1-c1ccc2c(c1)CCN2C(=O)C1CCCCC1. The molecule has 4 nitrogen and oxygen atoms in total. The third-order valence-electron chi connectivity index (χ3n) is 5.28. The number of nitrogens with two attached hydrogens (primary N) is 1. The highest BCUT2D eigenvalue weighted by Crippen LogP contribution is 2.36. The molecule has 0 radical (unpaired) electrons. The Morgan fingerprint density at radius 1 is 1.29 bits per heavy atom. The van der Waals surface area contributed by atoms with Crippen LogP contribution in [0.3, 0.4) is 0 Å². The van der Waals surface area contributed by atoms with Crippen LogP contribution in [0.5, 0.6) is 0 Å². The van der Waals surface area contributed by atoms with Crippen LogP contribution in [-0.2, 0) is 11.2 Å². The first-order valence-electron chi connectivity index (χ1n) is 8.81. The maximum atomic E-state index is 12.9. The van der Waals surface area contributed by atoms with E-state index in [4.69, 9.17) is 5.73 Å². The average molecular weight is 341 g/mol. The highest BCUT2D eigenvalue weighted by Gasteiger charge is 2.31. The van der Waals surface area contributed by atoms with Gasteiger partial charge in [0, 0.05) is 28.6 Å². The summed E-state index contributed by atoms with van der Waals surface area (Å²) in [6.07, 6.45) is 6.71. The molecule has 0 saturated heterocycles. The Bertz CT molecular complexity index is 777. The summed E-state index contributed by atoms with van der Waals surface area (Å²) in [5, 5.41) is 0.608. The van der Waals surface area contributed by atoms with E-state index in [-0.39, 0.29) is 5.92 Å². The number of aryl methyl sites for hydroxylation is 1. The van der Waals surface area contributed by atoms with Crippen LogP contribution >= 0.6 is 11.3 Å². The molecule has 4 rings (SSSR count). The third-order valence-corrected chi connectivity index (χ3v) is 6.08. The van der Waals surface area contributed by atoms with E-state index < -0.39 is 0 Å². The van der Waals surface area contributed by atoms with E-state index in [9.17, 15) is 4.79 Å². The van der Waals surface area contributed by atoms with Crippen LogP contribution in [0.2, 0.25) is 0 Å². The molecule has 0 spiro atoms. The van der Waals surface area contributed by atoms with Crippen molar-refractivity contribution in [2.24, 2.45) is 5.92 Å². The average Bonchev–Trinajstić information content (AvgIpc) is 3.17. The van der Waals surface area contributed by atoms with Gasteiger partial charge in [0.15, 0.2) is 5.13 Å². The highest BCUT2D eigenvalue weighted by molar-refractivity contribution is 7.15. The molecule has 2 N–H and O–H groups in total. The topological polar surface area (TPSA) is 59.2 Å². The second-order valence-corrected chi connectivity index (χ2v) is 8.11. The number of hydrogen-bond acceptors (Lipinski definition) is 4. The first-order chi connectivity index (χ1) is 11.6. The van der Waals surface area contributed by atoms with Crippen molar-refractivity contribution in [2.45, 2.75) is 45.4 Å². The largest absolute Gasteiger partial charge is 0.375 e. The summed E-state index contributed by atoms with van der Waals surface area (Å²) < 4.78 is 0. The molecule has 1 aromatic heterocycles. The van der Waals surface area contributed by atoms with Gasteiger partial charge in [-0.05, 0) is 43.9 Å². The molecule has 1 saturated carbocycles. The fourth-order valence-electron chi connectivity index (χ4n) is 4.03. The van der Waals surface area contributed by atoms with Gasteiger partial charge in [0.1, 0.15) is 0 Å². The summed E-state index contributed by atoms with van der Waals surface area (Å²) in [6, 6.07) is 6.35. The third kappa shape index (κ3) is 2.71. The number of carbonyl (C=O) groups excluding carboxylic acids is 1. The number of nitrogens with zero attached hydrogens (tertiary/aromatic N) is 2. The fourth-order valence-corrected chi connectivity index (χ4v) is 4.74. The maximum absolute atomic E-state index is 12.9. The highest BCUT2D eigenvalue weighted by atomic mass is 32.1. The Morgan fingerprint density at radius 3 is 2.79 bits per heavy atom. The lowest BCUT2D eigenvalue weighted by molar-refractivity contribution is -0.123. The van der Waals surface area contributed by atoms with Crippen LogP contribution in [-0.4, -0.2) is 17.4 Å². The smallest absolute Gasteiger partial charge is 0.230 e. The zero-order valence-electron chi connectivity index (χ0n) is 14.0. The molecule has 0 atom stereocenters. The van der Waals surface area contributed by atoms with Crippen LogP contribution in [0.25, 0.3) is 11.3 Å². The number of thiazole rings is 1. The number of aromatic nitrogens is 1. The first kappa shape index (κ1) is 15.6. The van der Waals surface area contributed by atoms with Crippen molar-refractivity contribution in [1.82, 2.24) is 4.98 Å². The van der Waals surface area contributed by atoms with Gasteiger partial charge in [0.25, 0.3) is 0 Å². The summed E-state index contributed by atoms with van der Waals surface area (Å²) in [7, 11) is 0. The van der Waals surface area contributed by atoms with Crippen molar-refractivity contribution in [2.75, 3.05) is 17.2 Å². The van der Waals surface area contributed by atoms with E-state index in [1.54, 1.807) is 0 Å². The molecule has 2 aliphatic rings. The molecule has 2 aromatic rings. The minimum Gasteiger partial charge on any atom is -0.375 e. The molecule has 1 aliphatic heterocycles. The van der Waals surface area contributed by atoms with Gasteiger partial charge in [-0.2, -0.15) is 0 Å². The summed E-state index contributed by atoms with van der Waals surface area (Å²) >= 11 is 1.52. The number of rotatable bonds is 2. The number of hydrogen-bond donors (Lipinski definition) is 1. The molecular formula is C19H23N3OS. The molecule has 1 amide bonds. The Kier molecular flexibility index (Phi) is 4.04. The molecule has 0 unspecified atom stereocenters. The molecule has 2 heterocycles. The van der Waals surface area contributed by atoms with Crippen molar-refractivity contribution >= 4 is 28.1 Å². The van der Waals surface area contributed by atoms with Crippen molar-refractivity contribution in [3.05, 3.63) is 28.6 Å². The summed E-state index contributed by atoms with van der Waals surface area (Å²) in [4.78, 5) is 20.5. The van der Waals surface area contributed by atoms with Crippen molar-refractivity contribution in [1.29, 1.82) is 0 Å². The molecule has 0 bridgehead atoms. The summed E-state index contributed by atoms with van der Waals surface area (Å²) in [6.45, 7) is 2.86. The van der Waals surface area contributed by atoms with E-state index in [1.165, 1.54) is 36.2 Å². The second kappa shape index (κ2) is 6.20. The predicted molar refractivity (Wildman–Crippen MR) is 99.3 cm³/mol. The lowest BCUT2D eigenvalue weighted by Gasteiger charge is -2.26. The van der Waals surface area contributed by atoms with Crippen LogP contribution in [0.1, 0.15) is 42.5 Å². The second-order valence-electron chi connectivity index (χ2n) is 6.88. The quantitative estimate of drug-likeness (QED) is 0.892. The van der Waals surface area contributed by atoms with E-state index in [0.717, 1.165) is 47.6 Å². The molecule has 1 fully saturated rings. The number of amides is 1. The van der Waals surface area contributed by atoms with Gasteiger partial charge < -0.3 is 10.6 Å². The molecule has 1 aromatic carbocycles. The van der Waals surface area contributed by atoms with Crippen LogP contribution in [0, 0.1) is 12.8 Å². The number of nitrogen functional groups attached to an aromatic ring is 1. The zero-order valence-corrected chi connectivity index (χ0v) is 14.9. The zero-order chi connectivity index (χ0) is 16.7. The molecule has 126 valence electrons. The Hall–Kier alpha value is -1.88. The van der Waals surface area contributed by atoms with Gasteiger partial charge in [0.05, 0.1) is 5.69 Å². The first-order valence-corrected chi connectivity index (χ1v) is 9.62. The van der Waals surface area contributed by atoms with E-state index in [2.05, 4.69) is 30.1 Å². The van der Waals surface area contributed by atoms with Gasteiger partial charge in [-0.3, -0.25) is 4.79 Å². The summed E-state index contributed by atoms with van der Waals surface area (Å²) in [5.74, 6) is 0.556. The van der Waals surface area contributed by atoms with E-state index >= 15 is 0 Å². The van der Waals surface area contributed by atoms with Gasteiger partial charge in [0.2, 0.25) is 5.91 Å². The van der Waals surface area contributed by atoms with Crippen molar-refractivity contribution in [3.8, 4) is 11.3 Å². The Morgan fingerprint density at radius 2 is 2.08 bits per heavy atom. The molecule has 24 heavy (non-hydrogen) atoms. The van der Waals surface area contributed by atoms with Gasteiger partial charge >= 0.3 is 0 Å². The number of benzene rings is 1.